The van der Waals surface area contributed by atoms with Crippen molar-refractivity contribution in [3.05, 3.63) is 256 Å². The SMILES string of the molecule is Cc1ccc(C(=CC=Cc2ccc(N(c3ccc(C=CC=C(c4ccccc4)c4ccccc4)cc3)c3ccc4c(c3)CCCC4)cc2)c2ccccc2)cc1. The van der Waals surface area contributed by atoms with Crippen molar-refractivity contribution >= 4 is 40.4 Å². The van der Waals surface area contributed by atoms with Crippen LogP contribution in [-0.2, 0) is 12.8 Å². The standard InChI is InChI=1S/C55H47N/c1-42-27-33-49(34-28-42)55(48-22-9-4-10-23-48)26-14-16-44-31-38-52(39-32-44)56(53-40-35-45-17-11-12-24-50(45)41-53)51-36-29-43(30-37-51)15-13-25-54(46-18-5-2-6-19-46)47-20-7-3-8-21-47/h2-10,13-16,18-23,25-41H,11-12,17,24H2,1H3. The van der Waals surface area contributed by atoms with Gasteiger partial charge in [-0.3, -0.25) is 0 Å². The Morgan fingerprint density at radius 3 is 1.29 bits per heavy atom. The van der Waals surface area contributed by atoms with E-state index in [-0.39, 0.29) is 0 Å². The van der Waals surface area contributed by atoms with Crippen molar-refractivity contribution in [2.24, 2.45) is 0 Å². The number of aryl methyl sites for hydroxylation is 3. The van der Waals surface area contributed by atoms with E-state index in [0.29, 0.717) is 0 Å². The molecule has 0 atom stereocenters. The van der Waals surface area contributed by atoms with E-state index in [1.807, 2.05) is 0 Å². The van der Waals surface area contributed by atoms with E-state index in [0.717, 1.165) is 28.9 Å². The van der Waals surface area contributed by atoms with Crippen LogP contribution < -0.4 is 4.90 Å². The molecule has 56 heavy (non-hydrogen) atoms. The molecule has 272 valence electrons. The highest BCUT2D eigenvalue weighted by Crippen LogP contribution is 2.37. The molecule has 0 saturated carbocycles. The van der Waals surface area contributed by atoms with Gasteiger partial charge in [-0.25, -0.2) is 0 Å². The lowest BCUT2D eigenvalue weighted by Crippen LogP contribution is -2.12. The third-order valence-corrected chi connectivity index (χ3v) is 10.6. The minimum absolute atomic E-state index is 1.14. The summed E-state index contributed by atoms with van der Waals surface area (Å²) in [5.41, 5.74) is 17.3. The lowest BCUT2D eigenvalue weighted by molar-refractivity contribution is 0.685. The molecule has 0 saturated heterocycles. The summed E-state index contributed by atoms with van der Waals surface area (Å²) in [5, 5.41) is 0. The summed E-state index contributed by atoms with van der Waals surface area (Å²) in [6.45, 7) is 2.13. The van der Waals surface area contributed by atoms with Gasteiger partial charge in [-0.05, 0) is 125 Å². The van der Waals surface area contributed by atoms with Gasteiger partial charge in [-0.1, -0.05) is 188 Å². The van der Waals surface area contributed by atoms with E-state index in [9.17, 15) is 0 Å². The van der Waals surface area contributed by atoms with Crippen molar-refractivity contribution in [2.45, 2.75) is 32.6 Å². The van der Waals surface area contributed by atoms with Gasteiger partial charge in [0.05, 0.1) is 0 Å². The molecule has 0 aromatic heterocycles. The van der Waals surface area contributed by atoms with E-state index < -0.39 is 0 Å². The number of anilines is 3. The Bertz CT molecular complexity index is 2430. The van der Waals surface area contributed by atoms with Gasteiger partial charge in [0, 0.05) is 17.1 Å². The number of fused-ring (bicyclic) bond motifs is 1. The second-order valence-electron chi connectivity index (χ2n) is 14.5. The van der Waals surface area contributed by atoms with E-state index >= 15 is 0 Å². The smallest absolute Gasteiger partial charge is 0.0464 e. The van der Waals surface area contributed by atoms with E-state index in [2.05, 4.69) is 230 Å². The molecule has 1 heteroatoms. The van der Waals surface area contributed by atoms with Gasteiger partial charge in [-0.2, -0.15) is 0 Å². The van der Waals surface area contributed by atoms with Crippen LogP contribution in [-0.4, -0.2) is 0 Å². The molecule has 7 aromatic carbocycles. The van der Waals surface area contributed by atoms with Gasteiger partial charge in [0.1, 0.15) is 0 Å². The van der Waals surface area contributed by atoms with Crippen LogP contribution in [0.5, 0.6) is 0 Å². The maximum atomic E-state index is 2.41. The van der Waals surface area contributed by atoms with Crippen LogP contribution in [0.2, 0.25) is 0 Å². The molecule has 0 heterocycles. The molecule has 0 spiro atoms. The zero-order valence-electron chi connectivity index (χ0n) is 32.1. The fourth-order valence-corrected chi connectivity index (χ4v) is 7.59. The summed E-state index contributed by atoms with van der Waals surface area (Å²) in [6.07, 6.45) is 18.0. The average Bonchev–Trinajstić information content (AvgIpc) is 3.26. The number of hydrogen-bond acceptors (Lipinski definition) is 1. The molecule has 1 aliphatic rings. The highest BCUT2D eigenvalue weighted by atomic mass is 15.1. The maximum absolute atomic E-state index is 2.41. The topological polar surface area (TPSA) is 3.24 Å². The van der Waals surface area contributed by atoms with Crippen LogP contribution in [0.25, 0.3) is 23.3 Å². The molecule has 0 fully saturated rings. The Labute approximate surface area is 333 Å². The predicted molar refractivity (Wildman–Crippen MR) is 240 cm³/mol. The summed E-state index contributed by atoms with van der Waals surface area (Å²) in [6, 6.07) is 65.5. The van der Waals surface area contributed by atoms with Gasteiger partial charge < -0.3 is 4.90 Å². The molecule has 0 bridgehead atoms. The molecule has 0 amide bonds. The monoisotopic (exact) mass is 721 g/mol. The third-order valence-electron chi connectivity index (χ3n) is 10.6. The minimum atomic E-state index is 1.14. The van der Waals surface area contributed by atoms with E-state index in [1.165, 1.54) is 75.0 Å². The summed E-state index contributed by atoms with van der Waals surface area (Å²) >= 11 is 0. The van der Waals surface area contributed by atoms with Gasteiger partial charge >= 0.3 is 0 Å². The highest BCUT2D eigenvalue weighted by molar-refractivity contribution is 5.83. The molecular weight excluding hydrogens is 675 g/mol. The molecule has 0 aliphatic heterocycles. The van der Waals surface area contributed by atoms with Gasteiger partial charge in [0.15, 0.2) is 0 Å². The lowest BCUT2D eigenvalue weighted by atomic mass is 9.91. The predicted octanol–water partition coefficient (Wildman–Crippen LogP) is 14.6. The van der Waals surface area contributed by atoms with Gasteiger partial charge in [0.2, 0.25) is 0 Å². The molecule has 7 aromatic rings. The van der Waals surface area contributed by atoms with Crippen molar-refractivity contribution in [1.82, 2.24) is 0 Å². The fourth-order valence-electron chi connectivity index (χ4n) is 7.59. The Balaban J connectivity index is 1.07. The molecule has 1 aliphatic carbocycles. The van der Waals surface area contributed by atoms with Crippen LogP contribution in [0.15, 0.2) is 206 Å². The maximum Gasteiger partial charge on any atom is 0.0464 e. The first-order valence-electron chi connectivity index (χ1n) is 19.8. The number of benzene rings is 7. The fraction of sp³-hybridized carbons (Fsp3) is 0.0909. The zero-order chi connectivity index (χ0) is 37.9. The summed E-state index contributed by atoms with van der Waals surface area (Å²) in [7, 11) is 0. The second kappa shape index (κ2) is 17.6. The number of rotatable bonds is 11. The number of nitrogens with zero attached hydrogens (tertiary/aromatic N) is 1. The largest absolute Gasteiger partial charge is 0.310 e. The first-order chi connectivity index (χ1) is 27.7. The van der Waals surface area contributed by atoms with Crippen LogP contribution in [0.3, 0.4) is 0 Å². The molecule has 1 nitrogen and oxygen atoms in total. The molecule has 0 unspecified atom stereocenters. The third kappa shape index (κ3) is 8.81. The van der Waals surface area contributed by atoms with Crippen molar-refractivity contribution in [3.63, 3.8) is 0 Å². The average molecular weight is 722 g/mol. The van der Waals surface area contributed by atoms with E-state index in [1.54, 1.807) is 0 Å². The molecule has 0 N–H and O–H groups in total. The second-order valence-corrected chi connectivity index (χ2v) is 14.5. The number of allylic oxidation sites excluding steroid dienone is 4. The summed E-state index contributed by atoms with van der Waals surface area (Å²) < 4.78 is 0. The first-order valence-corrected chi connectivity index (χ1v) is 19.8. The zero-order valence-corrected chi connectivity index (χ0v) is 32.1. The first kappa shape index (κ1) is 36.3. The Hall–Kier alpha value is -6.70. The Morgan fingerprint density at radius 1 is 0.411 bits per heavy atom. The molecule has 8 rings (SSSR count). The van der Waals surface area contributed by atoms with E-state index in [4.69, 9.17) is 0 Å². The minimum Gasteiger partial charge on any atom is -0.310 e. The van der Waals surface area contributed by atoms with Crippen molar-refractivity contribution in [3.8, 4) is 0 Å². The normalized spacial score (nSPS) is 12.8. The van der Waals surface area contributed by atoms with Crippen LogP contribution in [0, 0.1) is 6.92 Å². The quantitative estimate of drug-likeness (QED) is 0.120. The van der Waals surface area contributed by atoms with Gasteiger partial charge in [-0.15, -0.1) is 0 Å². The summed E-state index contributed by atoms with van der Waals surface area (Å²) in [4.78, 5) is 2.39. The van der Waals surface area contributed by atoms with Crippen molar-refractivity contribution < 1.29 is 0 Å². The summed E-state index contributed by atoms with van der Waals surface area (Å²) in [5.74, 6) is 0. The highest BCUT2D eigenvalue weighted by Gasteiger charge is 2.16. The molecule has 0 radical (unpaired) electrons. The van der Waals surface area contributed by atoms with Crippen molar-refractivity contribution in [1.29, 1.82) is 0 Å². The number of hydrogen-bond donors (Lipinski definition) is 0. The Morgan fingerprint density at radius 2 is 0.821 bits per heavy atom. The van der Waals surface area contributed by atoms with Gasteiger partial charge in [0.25, 0.3) is 0 Å². The van der Waals surface area contributed by atoms with Crippen LogP contribution in [0.4, 0.5) is 17.1 Å². The van der Waals surface area contributed by atoms with Crippen LogP contribution >= 0.6 is 0 Å². The van der Waals surface area contributed by atoms with Crippen molar-refractivity contribution in [2.75, 3.05) is 4.90 Å². The molecular formula is C55H47N. The van der Waals surface area contributed by atoms with Crippen LogP contribution in [0.1, 0.15) is 62.9 Å². The Kier molecular flexibility index (Phi) is 11.4. The lowest BCUT2D eigenvalue weighted by Gasteiger charge is -2.27.